The molecular weight excluding hydrogens is 440 g/mol. The fraction of sp³-hybridized carbons (Fsp3) is 0.458. The number of hydrazine groups is 1. The zero-order chi connectivity index (χ0) is 24.2. The molecule has 1 amide bonds. The number of rotatable bonds is 9. The van der Waals surface area contributed by atoms with E-state index in [1.54, 1.807) is 36.4 Å². The Labute approximate surface area is 196 Å². The van der Waals surface area contributed by atoms with Crippen molar-refractivity contribution in [3.05, 3.63) is 54.1 Å². The third-order valence-electron chi connectivity index (χ3n) is 5.76. The Hall–Kier alpha value is -2.62. The quantitative estimate of drug-likeness (QED) is 0.516. The van der Waals surface area contributed by atoms with Crippen molar-refractivity contribution >= 4 is 27.3 Å². The molecule has 0 radical (unpaired) electrons. The summed E-state index contributed by atoms with van der Waals surface area (Å²) in [7, 11) is -3.86. The maximum atomic E-state index is 13.7. The molecule has 1 heterocycles. The lowest BCUT2D eigenvalue weighted by Crippen LogP contribution is -2.49. The molecule has 2 atom stereocenters. The molecule has 1 saturated heterocycles. The van der Waals surface area contributed by atoms with Crippen LogP contribution >= 0.6 is 0 Å². The second kappa shape index (κ2) is 10.5. The first kappa shape index (κ1) is 25.0. The van der Waals surface area contributed by atoms with Crippen molar-refractivity contribution in [3.63, 3.8) is 0 Å². The molecule has 0 aliphatic carbocycles. The van der Waals surface area contributed by atoms with Crippen molar-refractivity contribution in [2.45, 2.75) is 57.9 Å². The summed E-state index contributed by atoms with van der Waals surface area (Å²) >= 11 is 0. The molecule has 0 saturated carbocycles. The van der Waals surface area contributed by atoms with Crippen molar-refractivity contribution in [1.29, 1.82) is 0 Å². The number of ether oxygens (including phenoxy) is 1. The van der Waals surface area contributed by atoms with Gasteiger partial charge in [0.1, 0.15) is 17.5 Å². The van der Waals surface area contributed by atoms with Gasteiger partial charge in [-0.3, -0.25) is 20.0 Å². The molecular formula is C24H34N4O4S. The van der Waals surface area contributed by atoms with E-state index in [9.17, 15) is 13.2 Å². The average molecular weight is 475 g/mol. The fourth-order valence-corrected chi connectivity index (χ4v) is 6.18. The summed E-state index contributed by atoms with van der Waals surface area (Å²) < 4.78 is 34.1. The van der Waals surface area contributed by atoms with E-state index in [2.05, 4.69) is 30.0 Å². The van der Waals surface area contributed by atoms with Crippen LogP contribution in [-0.2, 0) is 14.8 Å². The van der Waals surface area contributed by atoms with Crippen molar-refractivity contribution < 1.29 is 17.9 Å². The van der Waals surface area contributed by atoms with E-state index in [-0.39, 0.29) is 18.6 Å². The van der Waals surface area contributed by atoms with E-state index < -0.39 is 21.2 Å². The Morgan fingerprint density at radius 2 is 1.61 bits per heavy atom. The highest BCUT2D eigenvalue weighted by Crippen LogP contribution is 2.27. The van der Waals surface area contributed by atoms with Crippen molar-refractivity contribution in [2.75, 3.05) is 22.8 Å². The van der Waals surface area contributed by atoms with Gasteiger partial charge in [0.2, 0.25) is 15.9 Å². The van der Waals surface area contributed by atoms with Gasteiger partial charge in [0.25, 0.3) is 0 Å². The van der Waals surface area contributed by atoms with Gasteiger partial charge in [-0.2, -0.15) is 0 Å². The van der Waals surface area contributed by atoms with Gasteiger partial charge in [0.15, 0.2) is 0 Å². The Bertz CT molecular complexity index is 1030. The van der Waals surface area contributed by atoms with Crippen molar-refractivity contribution in [2.24, 2.45) is 0 Å². The molecule has 2 aromatic rings. The molecule has 9 heteroatoms. The monoisotopic (exact) mass is 474 g/mol. The van der Waals surface area contributed by atoms with E-state index >= 15 is 0 Å². The maximum absolute atomic E-state index is 13.7. The van der Waals surface area contributed by atoms with E-state index in [1.807, 2.05) is 32.9 Å². The molecule has 2 unspecified atom stereocenters. The molecule has 33 heavy (non-hydrogen) atoms. The van der Waals surface area contributed by atoms with E-state index in [0.29, 0.717) is 29.6 Å². The zero-order valence-corrected chi connectivity index (χ0v) is 20.6. The molecule has 0 bridgehead atoms. The zero-order valence-electron chi connectivity index (χ0n) is 19.8. The Kier molecular flexibility index (Phi) is 7.99. The van der Waals surface area contributed by atoms with Gasteiger partial charge >= 0.3 is 0 Å². The Morgan fingerprint density at radius 1 is 1.03 bits per heavy atom. The van der Waals surface area contributed by atoms with Gasteiger partial charge < -0.3 is 10.1 Å². The first-order chi connectivity index (χ1) is 15.6. The number of sulfonamides is 1. The Morgan fingerprint density at radius 3 is 2.12 bits per heavy atom. The summed E-state index contributed by atoms with van der Waals surface area (Å²) in [6.45, 7) is 9.91. The van der Waals surface area contributed by atoms with Crippen LogP contribution in [-0.4, -0.2) is 44.8 Å². The first-order valence-electron chi connectivity index (χ1n) is 11.3. The lowest BCUT2D eigenvalue weighted by Gasteiger charge is -2.30. The molecule has 0 aromatic heterocycles. The first-order valence-corrected chi connectivity index (χ1v) is 12.8. The lowest BCUT2D eigenvalue weighted by atomic mass is 10.0. The highest BCUT2D eigenvalue weighted by molar-refractivity contribution is 7.93. The highest BCUT2D eigenvalue weighted by Gasteiger charge is 2.44. The molecule has 1 fully saturated rings. The number of carbonyl (C=O) groups excluding carboxylic acids is 1. The SMILES string of the molecule is CCOc1ccc(NC(=O)CN(c2ccc(C(C)C)cc2)S(=O)(=O)C2C(C)NNC2C)cc1. The molecule has 0 spiro atoms. The summed E-state index contributed by atoms with van der Waals surface area (Å²) in [5.41, 5.74) is 8.13. The minimum absolute atomic E-state index is 0.309. The number of amides is 1. The van der Waals surface area contributed by atoms with Crippen LogP contribution in [0.2, 0.25) is 0 Å². The summed E-state index contributed by atoms with van der Waals surface area (Å²) in [6, 6.07) is 13.7. The summed E-state index contributed by atoms with van der Waals surface area (Å²) in [6.07, 6.45) is 0. The summed E-state index contributed by atoms with van der Waals surface area (Å²) in [5, 5.41) is 2.07. The average Bonchev–Trinajstić information content (AvgIpc) is 3.12. The second-order valence-electron chi connectivity index (χ2n) is 8.63. The molecule has 3 N–H and O–H groups in total. The number of hydrogen-bond acceptors (Lipinski definition) is 6. The highest BCUT2D eigenvalue weighted by atomic mass is 32.2. The molecule has 8 nitrogen and oxygen atoms in total. The van der Waals surface area contributed by atoms with Crippen LogP contribution in [0.4, 0.5) is 11.4 Å². The number of anilines is 2. The van der Waals surface area contributed by atoms with Crippen LogP contribution in [0.15, 0.2) is 48.5 Å². The van der Waals surface area contributed by atoms with Crippen molar-refractivity contribution in [3.8, 4) is 5.75 Å². The van der Waals surface area contributed by atoms with Gasteiger partial charge in [-0.1, -0.05) is 26.0 Å². The minimum atomic E-state index is -3.86. The van der Waals surface area contributed by atoms with Crippen molar-refractivity contribution in [1.82, 2.24) is 10.9 Å². The molecule has 2 aromatic carbocycles. The van der Waals surface area contributed by atoms with E-state index in [0.717, 1.165) is 5.56 Å². The summed E-state index contributed by atoms with van der Waals surface area (Å²) in [4.78, 5) is 12.9. The van der Waals surface area contributed by atoms with Crippen LogP contribution in [0.3, 0.4) is 0 Å². The number of benzene rings is 2. The molecule has 1 aliphatic rings. The largest absolute Gasteiger partial charge is 0.494 e. The topological polar surface area (TPSA) is 99.8 Å². The maximum Gasteiger partial charge on any atom is 0.245 e. The van der Waals surface area contributed by atoms with Crippen LogP contribution < -0.4 is 25.2 Å². The van der Waals surface area contributed by atoms with E-state index in [4.69, 9.17) is 4.74 Å². The second-order valence-corrected chi connectivity index (χ2v) is 10.6. The normalized spacial score (nSPS) is 20.6. The van der Waals surface area contributed by atoms with Gasteiger partial charge in [-0.25, -0.2) is 8.42 Å². The van der Waals surface area contributed by atoms with E-state index in [1.165, 1.54) is 4.31 Å². The predicted octanol–water partition coefficient (Wildman–Crippen LogP) is 3.24. The number of hydrogen-bond donors (Lipinski definition) is 3. The van der Waals surface area contributed by atoms with Gasteiger partial charge in [0, 0.05) is 17.8 Å². The number of nitrogens with one attached hydrogen (secondary N) is 3. The fourth-order valence-electron chi connectivity index (χ4n) is 4.01. The smallest absolute Gasteiger partial charge is 0.245 e. The van der Waals surface area contributed by atoms with Crippen LogP contribution in [0.25, 0.3) is 0 Å². The third kappa shape index (κ3) is 5.85. The summed E-state index contributed by atoms with van der Waals surface area (Å²) in [5.74, 6) is 0.597. The minimum Gasteiger partial charge on any atom is -0.494 e. The van der Waals surface area contributed by atoms with Crippen LogP contribution in [0.1, 0.15) is 46.1 Å². The standard InChI is InChI=1S/C24H34N4O4S/c1-6-32-22-13-9-20(10-14-22)25-23(29)15-28(21-11-7-19(8-12-21)16(2)3)33(30,31)24-17(4)26-27-18(24)5/h7-14,16-18,24,26-27H,6,15H2,1-5H3,(H,25,29). The number of nitrogens with zero attached hydrogens (tertiary/aromatic N) is 1. The van der Waals surface area contributed by atoms with Crippen LogP contribution in [0.5, 0.6) is 5.75 Å². The molecule has 3 rings (SSSR count). The Balaban J connectivity index is 1.87. The molecule has 1 aliphatic heterocycles. The van der Waals surface area contributed by atoms with Gasteiger partial charge in [0.05, 0.1) is 12.3 Å². The van der Waals surface area contributed by atoms with Crippen LogP contribution in [0, 0.1) is 0 Å². The predicted molar refractivity (Wildman–Crippen MR) is 132 cm³/mol. The number of carbonyl (C=O) groups is 1. The third-order valence-corrected chi connectivity index (χ3v) is 8.22. The molecule has 180 valence electrons. The van der Waals surface area contributed by atoms with Gasteiger partial charge in [-0.15, -0.1) is 0 Å². The van der Waals surface area contributed by atoms with Gasteiger partial charge in [-0.05, 0) is 68.7 Å². The lowest BCUT2D eigenvalue weighted by molar-refractivity contribution is -0.114.